The van der Waals surface area contributed by atoms with Crippen LogP contribution < -0.4 is 14.4 Å². The molecule has 3 aromatic rings. The average Bonchev–Trinajstić information content (AvgIpc) is 2.83. The Morgan fingerprint density at radius 2 is 1.85 bits per heavy atom. The summed E-state index contributed by atoms with van der Waals surface area (Å²) in [7, 11) is -3.81. The van der Waals surface area contributed by atoms with Gasteiger partial charge in [0.25, 0.3) is 15.9 Å². The number of para-hydroxylation sites is 1. The maximum absolute atomic E-state index is 13.3. The molecule has 1 aliphatic heterocycles. The monoisotopic (exact) mass is 498 g/mol. The van der Waals surface area contributed by atoms with Crippen LogP contribution in [0.4, 0.5) is 11.4 Å². The van der Waals surface area contributed by atoms with Gasteiger partial charge in [-0.2, -0.15) is 0 Å². The number of halogens is 1. The smallest absolute Gasteiger partial charge is 0.264 e. The topological polar surface area (TPSA) is 92.8 Å². The van der Waals surface area contributed by atoms with Crippen molar-refractivity contribution >= 4 is 44.7 Å². The summed E-state index contributed by atoms with van der Waals surface area (Å²) in [5, 5.41) is 2.73. The summed E-state index contributed by atoms with van der Waals surface area (Å²) in [5.74, 6) is -0.368. The zero-order valence-electron chi connectivity index (χ0n) is 18.5. The zero-order valence-corrected chi connectivity index (χ0v) is 20.0. The fraction of sp³-hybridized carbons (Fsp3) is 0.200. The van der Waals surface area contributed by atoms with Crippen LogP contribution in [-0.4, -0.2) is 33.3 Å². The van der Waals surface area contributed by atoms with Crippen molar-refractivity contribution in [3.05, 3.63) is 82.9 Å². The van der Waals surface area contributed by atoms with E-state index in [1.165, 1.54) is 29.4 Å². The third-order valence-electron chi connectivity index (χ3n) is 5.47. The molecule has 0 spiro atoms. The van der Waals surface area contributed by atoms with Crippen LogP contribution in [0.2, 0.25) is 5.02 Å². The molecule has 1 N–H and O–H groups in total. The Balaban J connectivity index is 1.45. The maximum atomic E-state index is 13.3. The summed E-state index contributed by atoms with van der Waals surface area (Å²) in [6, 6.07) is 18.2. The number of ether oxygens (including phenoxy) is 1. The molecule has 1 amide bonds. The van der Waals surface area contributed by atoms with Crippen molar-refractivity contribution in [1.82, 2.24) is 0 Å². The first-order chi connectivity index (χ1) is 16.3. The Bertz CT molecular complexity index is 1360. The normalized spacial score (nSPS) is 13.2. The number of amides is 1. The van der Waals surface area contributed by atoms with E-state index in [1.807, 2.05) is 18.2 Å². The van der Waals surface area contributed by atoms with Gasteiger partial charge >= 0.3 is 0 Å². The van der Waals surface area contributed by atoms with Gasteiger partial charge in [0, 0.05) is 17.8 Å². The number of benzene rings is 3. The van der Waals surface area contributed by atoms with Crippen molar-refractivity contribution < 1.29 is 22.7 Å². The van der Waals surface area contributed by atoms with Crippen molar-refractivity contribution in [1.29, 1.82) is 0 Å². The number of aryl methyl sites for hydroxylation is 1. The summed E-state index contributed by atoms with van der Waals surface area (Å²) in [6.07, 6.45) is 1.56. The first-order valence-electron chi connectivity index (χ1n) is 10.7. The molecule has 0 aromatic heterocycles. The summed E-state index contributed by atoms with van der Waals surface area (Å²) >= 11 is 6.30. The fourth-order valence-corrected chi connectivity index (χ4v) is 5.66. The number of nitrogens with one attached hydrogen (secondary N) is 1. The molecule has 0 saturated carbocycles. The standard InChI is InChI=1S/C25H23ClN2O5S/c1-17(29)19-7-4-9-20(14-19)27-25(30)16-33-24-12-11-21(15-22(24)26)34(31,32)28-13-5-8-18-6-2-3-10-23(18)28/h2-4,6-7,9-12,14-15H,5,8,13,16H2,1H3,(H,27,30). The zero-order chi connectivity index (χ0) is 24.3. The lowest BCUT2D eigenvalue weighted by Crippen LogP contribution is -2.35. The second-order valence-electron chi connectivity index (χ2n) is 7.88. The molecule has 0 fully saturated rings. The number of rotatable bonds is 7. The van der Waals surface area contributed by atoms with Crippen molar-refractivity contribution in [2.75, 3.05) is 22.8 Å². The summed E-state index contributed by atoms with van der Waals surface area (Å²) < 4.78 is 33.5. The first kappa shape index (κ1) is 23.8. The number of Topliss-reactive ketones (excluding diaryl/α,β-unsaturated/α-hetero) is 1. The van der Waals surface area contributed by atoms with Gasteiger partial charge in [-0.25, -0.2) is 8.42 Å². The molecule has 176 valence electrons. The third kappa shape index (κ3) is 5.08. The predicted molar refractivity (Wildman–Crippen MR) is 131 cm³/mol. The highest BCUT2D eigenvalue weighted by atomic mass is 35.5. The van der Waals surface area contributed by atoms with Gasteiger partial charge in [0.15, 0.2) is 12.4 Å². The second kappa shape index (κ2) is 9.87. The number of fused-ring (bicyclic) bond motifs is 1. The van der Waals surface area contributed by atoms with Gasteiger partial charge in [-0.05, 0) is 61.7 Å². The highest BCUT2D eigenvalue weighted by molar-refractivity contribution is 7.92. The molecule has 9 heteroatoms. The van der Waals surface area contributed by atoms with Gasteiger partial charge in [0.05, 0.1) is 15.6 Å². The van der Waals surface area contributed by atoms with Crippen molar-refractivity contribution in [3.63, 3.8) is 0 Å². The summed E-state index contributed by atoms with van der Waals surface area (Å²) in [6.45, 7) is 1.50. The van der Waals surface area contributed by atoms with Gasteiger partial charge in [-0.3, -0.25) is 13.9 Å². The molecule has 0 atom stereocenters. The number of sulfonamides is 1. The second-order valence-corrected chi connectivity index (χ2v) is 10.1. The molecule has 1 aliphatic rings. The van der Waals surface area contributed by atoms with Crippen LogP contribution in [0.25, 0.3) is 0 Å². The fourth-order valence-electron chi connectivity index (χ4n) is 3.79. The van der Waals surface area contributed by atoms with Crippen LogP contribution >= 0.6 is 11.6 Å². The van der Waals surface area contributed by atoms with E-state index in [0.29, 0.717) is 23.5 Å². The van der Waals surface area contributed by atoms with E-state index in [-0.39, 0.29) is 28.1 Å². The minimum Gasteiger partial charge on any atom is -0.482 e. The van der Waals surface area contributed by atoms with Crippen LogP contribution in [0.3, 0.4) is 0 Å². The first-order valence-corrected chi connectivity index (χ1v) is 12.5. The van der Waals surface area contributed by atoms with Crippen LogP contribution in [0.1, 0.15) is 29.3 Å². The Hall–Kier alpha value is -3.36. The van der Waals surface area contributed by atoms with Gasteiger partial charge in [-0.1, -0.05) is 41.9 Å². The van der Waals surface area contributed by atoms with Gasteiger partial charge in [0.2, 0.25) is 0 Å². The van der Waals surface area contributed by atoms with E-state index < -0.39 is 15.9 Å². The molecule has 4 rings (SSSR count). The Morgan fingerprint density at radius 1 is 1.06 bits per heavy atom. The van der Waals surface area contributed by atoms with Crippen molar-refractivity contribution in [2.45, 2.75) is 24.7 Å². The molecule has 0 radical (unpaired) electrons. The minimum absolute atomic E-state index is 0.0482. The summed E-state index contributed by atoms with van der Waals surface area (Å²) in [4.78, 5) is 23.8. The number of anilines is 2. The lowest BCUT2D eigenvalue weighted by molar-refractivity contribution is -0.118. The van der Waals surface area contributed by atoms with E-state index in [0.717, 1.165) is 18.4 Å². The van der Waals surface area contributed by atoms with E-state index in [2.05, 4.69) is 5.32 Å². The molecule has 34 heavy (non-hydrogen) atoms. The number of ketones is 1. The van der Waals surface area contributed by atoms with Gasteiger partial charge < -0.3 is 10.1 Å². The van der Waals surface area contributed by atoms with Crippen LogP contribution in [0.15, 0.2) is 71.6 Å². The quantitative estimate of drug-likeness (QED) is 0.476. The Labute approximate surface area is 203 Å². The highest BCUT2D eigenvalue weighted by Crippen LogP contribution is 2.34. The molecule has 0 aliphatic carbocycles. The molecule has 0 saturated heterocycles. The molecule has 7 nitrogen and oxygen atoms in total. The molecule has 0 bridgehead atoms. The summed E-state index contributed by atoms with van der Waals surface area (Å²) in [5.41, 5.74) is 2.62. The molecular formula is C25H23ClN2O5S. The number of carbonyl (C=O) groups is 2. The predicted octanol–water partition coefficient (Wildman–Crippen LogP) is 4.70. The number of hydrogen-bond acceptors (Lipinski definition) is 5. The lowest BCUT2D eigenvalue weighted by Gasteiger charge is -2.30. The van der Waals surface area contributed by atoms with Crippen LogP contribution in [0.5, 0.6) is 5.75 Å². The highest BCUT2D eigenvalue weighted by Gasteiger charge is 2.29. The van der Waals surface area contributed by atoms with E-state index in [1.54, 1.807) is 30.3 Å². The molecule has 3 aromatic carbocycles. The van der Waals surface area contributed by atoms with Crippen molar-refractivity contribution in [3.8, 4) is 5.75 Å². The number of carbonyl (C=O) groups excluding carboxylic acids is 2. The Morgan fingerprint density at radius 3 is 2.62 bits per heavy atom. The van der Waals surface area contributed by atoms with Crippen molar-refractivity contribution in [2.24, 2.45) is 0 Å². The van der Waals surface area contributed by atoms with Crippen LogP contribution in [-0.2, 0) is 21.2 Å². The average molecular weight is 499 g/mol. The van der Waals surface area contributed by atoms with Crippen LogP contribution in [0, 0.1) is 0 Å². The van der Waals surface area contributed by atoms with E-state index in [9.17, 15) is 18.0 Å². The number of hydrogen-bond donors (Lipinski definition) is 1. The number of nitrogens with zero attached hydrogens (tertiary/aromatic N) is 1. The molecular weight excluding hydrogens is 476 g/mol. The molecule has 1 heterocycles. The van der Waals surface area contributed by atoms with Gasteiger partial charge in [0.1, 0.15) is 5.75 Å². The van der Waals surface area contributed by atoms with E-state index in [4.69, 9.17) is 16.3 Å². The molecule has 0 unspecified atom stereocenters. The third-order valence-corrected chi connectivity index (χ3v) is 7.58. The Kier molecular flexibility index (Phi) is 6.90. The minimum atomic E-state index is -3.81. The van der Waals surface area contributed by atoms with Gasteiger partial charge in [-0.15, -0.1) is 0 Å². The maximum Gasteiger partial charge on any atom is 0.264 e. The lowest BCUT2D eigenvalue weighted by atomic mass is 10.0. The SMILES string of the molecule is CC(=O)c1cccc(NC(=O)COc2ccc(S(=O)(=O)N3CCCc4ccccc43)cc2Cl)c1. The van der Waals surface area contributed by atoms with E-state index >= 15 is 0 Å². The largest absolute Gasteiger partial charge is 0.482 e.